The maximum Gasteiger partial charge on any atom is 0.490 e. The SMILES string of the molecule is CN(C)C(=O)c1cc(NC(C(=O)O[C@H]2CN3CCC2CC3)c2ccccc2)cc(C(=O)O[C@@H](Cc2c(Cl)c[n+]([O-])cc2Cl)c2ccc(OC(F)F)c(OCC3CC3)c2)c1.O=C(O)C(F)(F)F. The first-order valence-corrected chi connectivity index (χ1v) is 21.4. The number of pyridine rings is 1. The minimum atomic E-state index is -5.08. The number of carbonyl (C=O) groups excluding carboxylic acids is 3. The summed E-state index contributed by atoms with van der Waals surface area (Å²) in [6.45, 7) is -0.237. The lowest BCUT2D eigenvalue weighted by Crippen LogP contribution is -2.52. The van der Waals surface area contributed by atoms with Crippen molar-refractivity contribution >= 4 is 52.7 Å². The van der Waals surface area contributed by atoms with E-state index in [2.05, 4.69) is 10.2 Å². The summed E-state index contributed by atoms with van der Waals surface area (Å²) >= 11 is 12.9. The Morgan fingerprint density at radius 1 is 0.909 bits per heavy atom. The van der Waals surface area contributed by atoms with E-state index in [9.17, 15) is 41.5 Å². The molecule has 4 heterocycles. The number of halogens is 7. The standard InChI is InChI=1S/C43H44Cl2F2N4O8.C2HF3O2/c1-49(2)40(52)29-16-30(18-31(17-29)48-39(27-6-4-3-5-7-27)42(54)58-38-23-50-14-12-26(38)13-15-50)41(53)57-36(20-32-33(44)21-51(55)22-34(32)45)28-10-11-35(59-43(46)47)37(19-28)56-24-25-8-9-25;3-2(4,5)1(6)7/h3-7,10-11,16-19,21-22,25-26,36,38-39,43,48H,8-9,12-15,20,23-24H2,1-2H3;(H,6,7)/t36-,38-,39?;/m0./s1. The van der Waals surface area contributed by atoms with Gasteiger partial charge in [-0.2, -0.15) is 26.7 Å². The fourth-order valence-corrected chi connectivity index (χ4v) is 8.02. The number of hydrogen-bond acceptors (Lipinski definition) is 11. The zero-order chi connectivity index (χ0) is 47.9. The van der Waals surface area contributed by atoms with Crippen LogP contribution >= 0.6 is 23.2 Å². The number of aromatic nitrogens is 1. The number of fused-ring (bicyclic) bond motifs is 3. The molecule has 3 atom stereocenters. The van der Waals surface area contributed by atoms with Gasteiger partial charge in [0.2, 0.25) is 0 Å². The second-order valence-electron chi connectivity index (χ2n) is 16.1. The monoisotopic (exact) mass is 966 g/mol. The van der Waals surface area contributed by atoms with Crippen LogP contribution in [0.4, 0.5) is 27.6 Å². The number of aliphatic carboxylic acids is 1. The molecule has 1 aromatic heterocycles. The van der Waals surface area contributed by atoms with E-state index in [1.54, 1.807) is 44.4 Å². The van der Waals surface area contributed by atoms with E-state index in [0.717, 1.165) is 51.2 Å². The van der Waals surface area contributed by atoms with Gasteiger partial charge in [0.15, 0.2) is 29.9 Å². The van der Waals surface area contributed by atoms with Crippen LogP contribution < -0.4 is 19.5 Å². The molecular formula is C45H45Cl2F5N4O10. The highest BCUT2D eigenvalue weighted by atomic mass is 35.5. The zero-order valence-electron chi connectivity index (χ0n) is 35.4. The number of nitrogens with one attached hydrogen (secondary N) is 1. The number of ether oxygens (including phenoxy) is 4. The molecule has 1 unspecified atom stereocenters. The van der Waals surface area contributed by atoms with E-state index in [4.69, 9.17) is 52.1 Å². The summed E-state index contributed by atoms with van der Waals surface area (Å²) in [6.07, 6.45) is -0.688. The van der Waals surface area contributed by atoms with Gasteiger partial charge in [-0.3, -0.25) is 9.69 Å². The van der Waals surface area contributed by atoms with E-state index in [1.165, 1.54) is 35.2 Å². The van der Waals surface area contributed by atoms with Gasteiger partial charge in [0.1, 0.15) is 22.3 Å². The molecule has 4 fully saturated rings. The number of nitrogens with zero attached hydrogens (tertiary/aromatic N) is 3. The third kappa shape index (κ3) is 13.3. The van der Waals surface area contributed by atoms with Gasteiger partial charge >= 0.3 is 30.7 Å². The van der Waals surface area contributed by atoms with Crippen LogP contribution in [0.2, 0.25) is 10.0 Å². The molecule has 2 bridgehead atoms. The summed E-state index contributed by atoms with van der Waals surface area (Å²) in [7, 11) is 3.13. The van der Waals surface area contributed by atoms with E-state index < -0.39 is 48.7 Å². The second kappa shape index (κ2) is 21.6. The number of esters is 2. The number of piperidine rings is 3. The van der Waals surface area contributed by atoms with Gasteiger partial charge in [0.25, 0.3) is 5.91 Å². The topological polar surface area (TPSA) is 171 Å². The molecule has 4 aliphatic rings. The van der Waals surface area contributed by atoms with E-state index in [1.807, 2.05) is 6.07 Å². The molecule has 1 amide bonds. The number of amides is 1. The van der Waals surface area contributed by atoms with Crippen molar-refractivity contribution in [1.82, 2.24) is 9.80 Å². The molecule has 0 spiro atoms. The quantitative estimate of drug-likeness (QED) is 0.0478. The number of benzene rings is 3. The van der Waals surface area contributed by atoms with Gasteiger partial charge in [0.05, 0.1) is 12.2 Å². The Hall–Kier alpha value is -5.92. The number of hydrogen-bond donors (Lipinski definition) is 2. The van der Waals surface area contributed by atoms with Gasteiger partial charge in [-0.1, -0.05) is 59.6 Å². The van der Waals surface area contributed by atoms with Crippen LogP contribution in [0.15, 0.2) is 79.1 Å². The lowest BCUT2D eigenvalue weighted by Gasteiger charge is -2.44. The molecule has 8 rings (SSSR count). The summed E-state index contributed by atoms with van der Waals surface area (Å²) in [6, 6.07) is 16.6. The number of anilines is 1. The predicted octanol–water partition coefficient (Wildman–Crippen LogP) is 8.28. The van der Waals surface area contributed by atoms with Gasteiger partial charge < -0.3 is 39.5 Å². The van der Waals surface area contributed by atoms with E-state index in [0.29, 0.717) is 22.4 Å². The Labute approximate surface area is 385 Å². The molecule has 3 aliphatic heterocycles. The second-order valence-corrected chi connectivity index (χ2v) is 16.9. The minimum Gasteiger partial charge on any atom is -0.619 e. The predicted molar refractivity (Wildman–Crippen MR) is 229 cm³/mol. The van der Waals surface area contributed by atoms with Crippen molar-refractivity contribution in [3.05, 3.63) is 122 Å². The molecule has 354 valence electrons. The molecule has 3 aromatic carbocycles. The van der Waals surface area contributed by atoms with Gasteiger partial charge in [-0.25, -0.2) is 14.4 Å². The minimum absolute atomic E-state index is 0.00134. The molecule has 14 nitrogen and oxygen atoms in total. The van der Waals surface area contributed by atoms with Crippen LogP contribution in [0.25, 0.3) is 0 Å². The zero-order valence-corrected chi connectivity index (χ0v) is 37.0. The first kappa shape index (κ1) is 49.5. The fourth-order valence-electron chi connectivity index (χ4n) is 7.42. The van der Waals surface area contributed by atoms with Crippen LogP contribution in [-0.2, 0) is 25.5 Å². The maximum absolute atomic E-state index is 14.3. The van der Waals surface area contributed by atoms with E-state index >= 15 is 0 Å². The van der Waals surface area contributed by atoms with Crippen molar-refractivity contribution in [1.29, 1.82) is 0 Å². The van der Waals surface area contributed by atoms with Crippen molar-refractivity contribution in [3.63, 3.8) is 0 Å². The summed E-state index contributed by atoms with van der Waals surface area (Å²) in [4.78, 5) is 54.3. The van der Waals surface area contributed by atoms with Gasteiger partial charge in [0, 0.05) is 43.9 Å². The molecule has 0 radical (unpaired) electrons. The van der Waals surface area contributed by atoms with Crippen LogP contribution in [0.1, 0.15) is 75.2 Å². The normalized spacial score (nSPS) is 18.5. The van der Waals surface area contributed by atoms with Crippen molar-refractivity contribution in [2.45, 2.75) is 63.1 Å². The van der Waals surface area contributed by atoms with Crippen molar-refractivity contribution < 1.29 is 69.9 Å². The van der Waals surface area contributed by atoms with Gasteiger partial charge in [-0.05, 0) is 92.1 Å². The third-order valence-corrected chi connectivity index (χ3v) is 11.7. The number of carboxylic acid groups (broad SMARTS) is 1. The molecule has 3 saturated heterocycles. The maximum atomic E-state index is 14.3. The molecule has 2 N–H and O–H groups in total. The summed E-state index contributed by atoms with van der Waals surface area (Å²) in [5.41, 5.74) is 1.54. The van der Waals surface area contributed by atoms with Crippen LogP contribution in [0, 0.1) is 17.0 Å². The van der Waals surface area contributed by atoms with Crippen molar-refractivity contribution in [3.8, 4) is 11.5 Å². The van der Waals surface area contributed by atoms with Crippen molar-refractivity contribution in [2.24, 2.45) is 11.8 Å². The Kier molecular flexibility index (Phi) is 16.2. The first-order chi connectivity index (χ1) is 31.2. The summed E-state index contributed by atoms with van der Waals surface area (Å²) < 4.78 is 81.9. The Bertz CT molecular complexity index is 2360. The number of rotatable bonds is 16. The third-order valence-electron chi connectivity index (χ3n) is 11.0. The Morgan fingerprint density at radius 3 is 2.11 bits per heavy atom. The molecule has 1 saturated carbocycles. The molecule has 21 heteroatoms. The smallest absolute Gasteiger partial charge is 0.490 e. The summed E-state index contributed by atoms with van der Waals surface area (Å²) in [5.74, 6) is -4.21. The number of carbonyl (C=O) groups is 4. The van der Waals surface area contributed by atoms with Crippen molar-refractivity contribution in [2.75, 3.05) is 45.7 Å². The summed E-state index contributed by atoms with van der Waals surface area (Å²) in [5, 5.41) is 22.5. The molecule has 66 heavy (non-hydrogen) atoms. The average Bonchev–Trinajstić information content (AvgIpc) is 4.11. The van der Waals surface area contributed by atoms with Crippen LogP contribution in [-0.4, -0.2) is 97.9 Å². The van der Waals surface area contributed by atoms with Gasteiger partial charge in [-0.15, -0.1) is 0 Å². The van der Waals surface area contributed by atoms with E-state index in [-0.39, 0.29) is 74.9 Å². The van der Waals surface area contributed by atoms with Crippen LogP contribution in [0.5, 0.6) is 11.5 Å². The largest absolute Gasteiger partial charge is 0.619 e. The molecule has 1 aliphatic carbocycles. The highest BCUT2D eigenvalue weighted by molar-refractivity contribution is 6.35. The highest BCUT2D eigenvalue weighted by Gasteiger charge is 2.39. The molecule has 4 aromatic rings. The number of alkyl halides is 5. The Balaban J connectivity index is 0.000000952. The van der Waals surface area contributed by atoms with Crippen LogP contribution in [0.3, 0.4) is 0 Å². The molecular weight excluding hydrogens is 922 g/mol. The lowest BCUT2D eigenvalue weighted by atomic mass is 9.86. The average molecular weight is 968 g/mol. The fraction of sp³-hybridized carbons (Fsp3) is 0.400. The highest BCUT2D eigenvalue weighted by Crippen LogP contribution is 2.39. The lowest BCUT2D eigenvalue weighted by molar-refractivity contribution is -0.605. The number of carboxylic acids is 1. The Morgan fingerprint density at radius 2 is 1.55 bits per heavy atom. The first-order valence-electron chi connectivity index (χ1n) is 20.7.